The van der Waals surface area contributed by atoms with Gasteiger partial charge in [0.25, 0.3) is 7.82 Å². The number of likely N-dealkylation sites (N-methyl/N-ethyl adjacent to an activating group) is 1. The molecule has 0 aromatic rings. The maximum absolute atomic E-state index is 12.9. The largest absolute Gasteiger partial charge is 0.756 e. The zero-order chi connectivity index (χ0) is 71.1. The summed E-state index contributed by atoms with van der Waals surface area (Å²) in [4.78, 5) is 38.2. The van der Waals surface area contributed by atoms with Crippen molar-refractivity contribution in [2.45, 2.75) is 469 Å². The molecule has 0 saturated heterocycles. The lowest BCUT2D eigenvalue weighted by Gasteiger charge is -2.28. The van der Waals surface area contributed by atoms with E-state index in [-0.39, 0.29) is 32.0 Å². The van der Waals surface area contributed by atoms with Crippen molar-refractivity contribution in [3.63, 3.8) is 0 Å². The van der Waals surface area contributed by atoms with Crippen molar-refractivity contribution in [1.29, 1.82) is 0 Å². The van der Waals surface area contributed by atoms with Gasteiger partial charge in [-0.2, -0.15) is 0 Å². The first-order valence-electron chi connectivity index (χ1n) is 43.7. The molecule has 2 atom stereocenters. The Balaban J connectivity index is 3.85. The van der Waals surface area contributed by atoms with E-state index in [0.29, 0.717) is 17.4 Å². The lowest BCUT2D eigenvalue weighted by atomic mass is 10.0. The fourth-order valence-electron chi connectivity index (χ4n) is 13.5. The first-order chi connectivity index (χ1) is 48.0. The van der Waals surface area contributed by atoms with Gasteiger partial charge in [0.1, 0.15) is 19.8 Å². The first kappa shape index (κ1) is 96.2. The number of rotatable bonds is 83. The third-order valence-electron chi connectivity index (χ3n) is 20.2. The molecule has 10 heteroatoms. The zero-order valence-electron chi connectivity index (χ0n) is 66.5. The Bertz CT molecular complexity index is 1740. The van der Waals surface area contributed by atoms with Crippen molar-refractivity contribution < 1.29 is 42.1 Å². The highest BCUT2D eigenvalue weighted by Crippen LogP contribution is 2.38. The van der Waals surface area contributed by atoms with Gasteiger partial charge in [-0.15, -0.1) is 0 Å². The van der Waals surface area contributed by atoms with Crippen molar-refractivity contribution in [1.82, 2.24) is 0 Å². The molecule has 0 aliphatic carbocycles. The van der Waals surface area contributed by atoms with Gasteiger partial charge in [-0.1, -0.05) is 436 Å². The minimum absolute atomic E-state index is 0.0264. The fourth-order valence-corrected chi connectivity index (χ4v) is 14.2. The Labute approximate surface area is 612 Å². The van der Waals surface area contributed by atoms with Crippen LogP contribution in [0.15, 0.2) is 36.5 Å². The third-order valence-corrected chi connectivity index (χ3v) is 21.1. The summed E-state index contributed by atoms with van der Waals surface area (Å²) in [6.07, 6.45) is 105. The Hall–Kier alpha value is -1.77. The Morgan fingerprint density at radius 3 is 0.816 bits per heavy atom. The van der Waals surface area contributed by atoms with Gasteiger partial charge in [0.2, 0.25) is 0 Å². The van der Waals surface area contributed by atoms with Crippen LogP contribution >= 0.6 is 7.82 Å². The van der Waals surface area contributed by atoms with Gasteiger partial charge in [-0.25, -0.2) is 0 Å². The predicted octanol–water partition coefficient (Wildman–Crippen LogP) is 28.7. The number of carbonyl (C=O) groups is 2. The number of ether oxygens (including phenoxy) is 2. The average molecular weight is 1400 g/mol. The number of hydrogen-bond donors (Lipinski definition) is 0. The van der Waals surface area contributed by atoms with E-state index < -0.39 is 26.5 Å². The molecular weight excluding hydrogens is 1230 g/mol. The molecule has 0 saturated carbocycles. The van der Waals surface area contributed by atoms with Gasteiger partial charge in [-0.3, -0.25) is 14.2 Å². The number of phosphoric acid groups is 1. The van der Waals surface area contributed by atoms with E-state index in [1.165, 1.54) is 385 Å². The number of phosphoric ester groups is 1. The molecular formula is C88H170NO8P. The van der Waals surface area contributed by atoms with Crippen molar-refractivity contribution in [3.8, 4) is 0 Å². The number of quaternary nitrogens is 1. The molecule has 9 nitrogen and oxygen atoms in total. The molecule has 0 radical (unpaired) electrons. The Kier molecular flexibility index (Phi) is 77.9. The molecule has 580 valence electrons. The van der Waals surface area contributed by atoms with Gasteiger partial charge in [0.05, 0.1) is 27.7 Å². The standard InChI is InChI=1S/C88H170NO8P/c1-6-8-10-12-14-16-18-20-22-24-26-28-30-32-34-36-38-40-41-42-43-44-45-46-47-49-51-53-55-57-59-61-63-65-67-69-71-73-75-77-79-81-88(91)97-86(85-96-98(92,93)95-83-82-89(3,4)5)84-94-87(90)80-78-76-74-72-70-68-66-64-62-60-58-56-54-52-50-48-39-37-35-33-31-29-27-25-23-21-19-17-15-13-11-9-7-2/h18,20,24,26,30,32,86H,6-17,19,21-23,25,27-29,31,33-85H2,1-5H3/b20-18-,26-24-,32-30-. The third kappa shape index (κ3) is 83.2. The minimum Gasteiger partial charge on any atom is -0.756 e. The van der Waals surface area contributed by atoms with E-state index in [2.05, 4.69) is 50.3 Å². The molecule has 0 heterocycles. The second kappa shape index (κ2) is 79.3. The molecule has 0 aromatic heterocycles. The van der Waals surface area contributed by atoms with Gasteiger partial charge in [0, 0.05) is 12.8 Å². The second-order valence-corrected chi connectivity index (χ2v) is 32.7. The topological polar surface area (TPSA) is 111 Å². The van der Waals surface area contributed by atoms with Crippen molar-refractivity contribution in [2.24, 2.45) is 0 Å². The van der Waals surface area contributed by atoms with Crippen LogP contribution < -0.4 is 4.89 Å². The molecule has 98 heavy (non-hydrogen) atoms. The van der Waals surface area contributed by atoms with Crippen molar-refractivity contribution in [3.05, 3.63) is 36.5 Å². The predicted molar refractivity (Wildman–Crippen MR) is 425 cm³/mol. The van der Waals surface area contributed by atoms with Crippen LogP contribution in [0.25, 0.3) is 0 Å². The quantitative estimate of drug-likeness (QED) is 0.0195. The summed E-state index contributed by atoms with van der Waals surface area (Å²) in [6.45, 7) is 4.32. The van der Waals surface area contributed by atoms with E-state index >= 15 is 0 Å². The van der Waals surface area contributed by atoms with E-state index in [4.69, 9.17) is 18.5 Å². The number of unbranched alkanes of at least 4 members (excludes halogenated alkanes) is 63. The number of nitrogens with zero attached hydrogens (tertiary/aromatic N) is 1. The maximum atomic E-state index is 12.9. The van der Waals surface area contributed by atoms with E-state index in [1.807, 2.05) is 21.1 Å². The summed E-state index contributed by atoms with van der Waals surface area (Å²) in [6, 6.07) is 0. The fraction of sp³-hybridized carbons (Fsp3) is 0.909. The highest BCUT2D eigenvalue weighted by molar-refractivity contribution is 7.45. The van der Waals surface area contributed by atoms with Crippen LogP contribution in [0, 0.1) is 0 Å². The second-order valence-electron chi connectivity index (χ2n) is 31.3. The summed E-state index contributed by atoms with van der Waals surface area (Å²) >= 11 is 0. The molecule has 0 fully saturated rings. The van der Waals surface area contributed by atoms with Crippen LogP contribution in [0.1, 0.15) is 463 Å². The average Bonchev–Trinajstić information content (AvgIpc) is 1.08. The van der Waals surface area contributed by atoms with Crippen LogP contribution in [0.5, 0.6) is 0 Å². The van der Waals surface area contributed by atoms with Gasteiger partial charge in [-0.05, 0) is 51.4 Å². The first-order valence-corrected chi connectivity index (χ1v) is 45.2. The smallest absolute Gasteiger partial charge is 0.306 e. The number of hydrogen-bond acceptors (Lipinski definition) is 8. The number of allylic oxidation sites excluding steroid dienone is 6. The molecule has 0 spiro atoms. The molecule has 0 aliphatic heterocycles. The lowest BCUT2D eigenvalue weighted by molar-refractivity contribution is -0.870. The van der Waals surface area contributed by atoms with Crippen molar-refractivity contribution in [2.75, 3.05) is 47.5 Å². The van der Waals surface area contributed by atoms with Gasteiger partial charge < -0.3 is 27.9 Å². The SMILES string of the molecule is CCCCCCC/C=C\C/C=C\C/C=C\CCCCCCCCCCCCCCCCCCCCCCCCCCCCC(=O)OC(COC(=O)CCCCCCCCCCCCCCCCCCCCCCCCCCCCCCCCCCC)COP(=O)([O-])OCC[N+](C)(C)C. The van der Waals surface area contributed by atoms with Crippen LogP contribution in [0.3, 0.4) is 0 Å². The van der Waals surface area contributed by atoms with Gasteiger partial charge >= 0.3 is 11.9 Å². The summed E-state index contributed by atoms with van der Waals surface area (Å²) in [5.41, 5.74) is 0. The monoisotopic (exact) mass is 1400 g/mol. The maximum Gasteiger partial charge on any atom is 0.306 e. The number of esters is 2. The highest BCUT2D eigenvalue weighted by Gasteiger charge is 2.22. The summed E-state index contributed by atoms with van der Waals surface area (Å²) in [5, 5.41) is 0. The highest BCUT2D eigenvalue weighted by atomic mass is 31.2. The Morgan fingerprint density at radius 2 is 0.551 bits per heavy atom. The van der Waals surface area contributed by atoms with Crippen LogP contribution in [0.2, 0.25) is 0 Å². The summed E-state index contributed by atoms with van der Waals surface area (Å²) < 4.78 is 34.5. The molecule has 0 rings (SSSR count). The summed E-state index contributed by atoms with van der Waals surface area (Å²) in [5.74, 6) is -0.803. The van der Waals surface area contributed by atoms with Crippen LogP contribution in [-0.4, -0.2) is 70.0 Å². The van der Waals surface area contributed by atoms with Crippen LogP contribution in [0.4, 0.5) is 0 Å². The van der Waals surface area contributed by atoms with E-state index in [0.717, 1.165) is 44.9 Å². The molecule has 0 N–H and O–H groups in total. The molecule has 0 bridgehead atoms. The number of carbonyl (C=O) groups excluding carboxylic acids is 2. The van der Waals surface area contributed by atoms with Crippen molar-refractivity contribution >= 4 is 19.8 Å². The Morgan fingerprint density at radius 1 is 0.316 bits per heavy atom. The van der Waals surface area contributed by atoms with E-state index in [9.17, 15) is 19.0 Å². The zero-order valence-corrected chi connectivity index (χ0v) is 67.4. The lowest BCUT2D eigenvalue weighted by Crippen LogP contribution is -2.37. The van der Waals surface area contributed by atoms with Gasteiger partial charge in [0.15, 0.2) is 6.10 Å². The minimum atomic E-state index is -4.64. The van der Waals surface area contributed by atoms with E-state index in [1.54, 1.807) is 0 Å². The normalized spacial score (nSPS) is 13.1. The molecule has 0 amide bonds. The molecule has 0 aliphatic rings. The molecule has 2 unspecified atom stereocenters. The molecule has 0 aromatic carbocycles. The summed E-state index contributed by atoms with van der Waals surface area (Å²) in [7, 11) is 1.20. The van der Waals surface area contributed by atoms with Crippen LogP contribution in [-0.2, 0) is 32.7 Å².